The van der Waals surface area contributed by atoms with E-state index in [9.17, 15) is 4.79 Å². The van der Waals surface area contributed by atoms with Crippen LogP contribution in [0.4, 0.5) is 0 Å². The van der Waals surface area contributed by atoms with Crippen molar-refractivity contribution in [2.45, 2.75) is 59.5 Å². The van der Waals surface area contributed by atoms with Crippen molar-refractivity contribution < 1.29 is 13.9 Å². The summed E-state index contributed by atoms with van der Waals surface area (Å²) >= 11 is 0. The van der Waals surface area contributed by atoms with Crippen LogP contribution in [0, 0.1) is 6.92 Å². The molecule has 1 aromatic carbocycles. The fourth-order valence-corrected chi connectivity index (χ4v) is 2.53. The van der Waals surface area contributed by atoms with Gasteiger partial charge in [0.25, 0.3) is 0 Å². The maximum Gasteiger partial charge on any atom is 0.226 e. The monoisotopic (exact) mass is 358 g/mol. The molecule has 0 fully saturated rings. The van der Waals surface area contributed by atoms with Crippen molar-refractivity contribution in [3.63, 3.8) is 0 Å². The topological polar surface area (TPSA) is 64.4 Å². The second kappa shape index (κ2) is 8.49. The molecule has 0 aliphatic heterocycles. The van der Waals surface area contributed by atoms with Gasteiger partial charge < -0.3 is 14.5 Å². The number of aryl methyl sites for hydroxylation is 1. The van der Waals surface area contributed by atoms with Gasteiger partial charge in [-0.2, -0.15) is 0 Å². The lowest BCUT2D eigenvalue weighted by Crippen LogP contribution is -2.29. The molecule has 0 saturated heterocycles. The molecule has 26 heavy (non-hydrogen) atoms. The lowest BCUT2D eigenvalue weighted by atomic mass is 9.87. The molecule has 1 N–H and O–H groups in total. The van der Waals surface area contributed by atoms with Gasteiger partial charge in [0, 0.05) is 12.1 Å². The van der Waals surface area contributed by atoms with Crippen LogP contribution in [0.1, 0.15) is 51.6 Å². The number of aromatic nitrogens is 1. The molecule has 0 spiro atoms. The zero-order valence-corrected chi connectivity index (χ0v) is 16.7. The summed E-state index contributed by atoms with van der Waals surface area (Å²) in [5.74, 6) is 1.14. The van der Waals surface area contributed by atoms with Gasteiger partial charge in [-0.3, -0.25) is 4.79 Å². The van der Waals surface area contributed by atoms with E-state index in [0.29, 0.717) is 30.5 Å². The third-order valence-electron chi connectivity index (χ3n) is 4.09. The van der Waals surface area contributed by atoms with Crippen molar-refractivity contribution in [1.29, 1.82) is 0 Å². The summed E-state index contributed by atoms with van der Waals surface area (Å²) in [6.45, 7) is 13.3. The molecule has 1 aromatic heterocycles. The number of amides is 1. The van der Waals surface area contributed by atoms with Gasteiger partial charge in [-0.15, -0.1) is 0 Å². The van der Waals surface area contributed by atoms with Crippen LogP contribution in [0.25, 0.3) is 11.5 Å². The van der Waals surface area contributed by atoms with E-state index in [1.807, 2.05) is 32.9 Å². The van der Waals surface area contributed by atoms with Crippen molar-refractivity contribution in [1.82, 2.24) is 10.3 Å². The van der Waals surface area contributed by atoms with Gasteiger partial charge in [-0.1, -0.05) is 32.9 Å². The van der Waals surface area contributed by atoms with E-state index in [2.05, 4.69) is 43.2 Å². The first-order valence-corrected chi connectivity index (χ1v) is 9.12. The number of nitrogens with one attached hydrogen (secondary N) is 1. The molecule has 5 nitrogen and oxygen atoms in total. The Balaban J connectivity index is 1.99. The third kappa shape index (κ3) is 5.70. The van der Waals surface area contributed by atoms with Crippen molar-refractivity contribution in [2.75, 3.05) is 13.2 Å². The molecule has 0 saturated carbocycles. The summed E-state index contributed by atoms with van der Waals surface area (Å²) in [5, 5.41) is 2.84. The highest BCUT2D eigenvalue weighted by atomic mass is 16.5. The van der Waals surface area contributed by atoms with E-state index >= 15 is 0 Å². The fraction of sp³-hybridized carbons (Fsp3) is 0.524. The first-order chi connectivity index (χ1) is 12.2. The fourth-order valence-electron chi connectivity index (χ4n) is 2.53. The number of benzene rings is 1. The number of carbonyl (C=O) groups excluding carboxylic acids is 1. The number of oxazole rings is 1. The lowest BCUT2D eigenvalue weighted by molar-refractivity contribution is -0.120. The van der Waals surface area contributed by atoms with E-state index in [0.717, 1.165) is 5.56 Å². The average Bonchev–Trinajstić information content (AvgIpc) is 2.91. The van der Waals surface area contributed by atoms with Crippen LogP contribution in [0.3, 0.4) is 0 Å². The van der Waals surface area contributed by atoms with E-state index in [-0.39, 0.29) is 23.8 Å². The highest BCUT2D eigenvalue weighted by Gasteiger charge is 2.17. The van der Waals surface area contributed by atoms with Gasteiger partial charge in [0.05, 0.1) is 24.8 Å². The largest absolute Gasteiger partial charge is 0.441 e. The summed E-state index contributed by atoms with van der Waals surface area (Å²) < 4.78 is 11.2. The highest BCUT2D eigenvalue weighted by molar-refractivity contribution is 5.78. The lowest BCUT2D eigenvalue weighted by Gasteiger charge is -2.18. The molecule has 142 valence electrons. The van der Waals surface area contributed by atoms with Crippen molar-refractivity contribution in [3.05, 3.63) is 41.3 Å². The van der Waals surface area contributed by atoms with Crippen molar-refractivity contribution >= 4 is 5.91 Å². The zero-order valence-electron chi connectivity index (χ0n) is 16.7. The number of nitrogens with zero attached hydrogens (tertiary/aromatic N) is 1. The Hall–Kier alpha value is -2.14. The van der Waals surface area contributed by atoms with Crippen LogP contribution in [0.2, 0.25) is 0 Å². The van der Waals surface area contributed by atoms with Crippen LogP contribution in [-0.2, 0) is 21.4 Å². The first kappa shape index (κ1) is 20.2. The predicted molar refractivity (Wildman–Crippen MR) is 103 cm³/mol. The summed E-state index contributed by atoms with van der Waals surface area (Å²) in [6.07, 6.45) is 0.369. The molecule has 0 aliphatic carbocycles. The number of carbonyl (C=O) groups is 1. The molecule has 1 heterocycles. The molecule has 0 atom stereocenters. The minimum Gasteiger partial charge on any atom is -0.441 e. The minimum absolute atomic E-state index is 0.0802. The van der Waals surface area contributed by atoms with Crippen LogP contribution in [0.5, 0.6) is 0 Å². The maximum atomic E-state index is 12.1. The summed E-state index contributed by atoms with van der Waals surface area (Å²) in [6, 6.07) is 8.21. The minimum atomic E-state index is -0.0802. The Morgan fingerprint density at radius 2 is 1.88 bits per heavy atom. The molecule has 0 aliphatic rings. The molecule has 2 rings (SSSR count). The van der Waals surface area contributed by atoms with Crippen molar-refractivity contribution in [2.24, 2.45) is 0 Å². The van der Waals surface area contributed by atoms with Gasteiger partial charge in [0.2, 0.25) is 11.8 Å². The predicted octanol–water partition coefficient (Wildman–Crippen LogP) is 4.03. The van der Waals surface area contributed by atoms with E-state index in [4.69, 9.17) is 9.15 Å². The van der Waals surface area contributed by atoms with E-state index in [1.165, 1.54) is 5.56 Å². The third-order valence-corrected chi connectivity index (χ3v) is 4.09. The highest BCUT2D eigenvalue weighted by Crippen LogP contribution is 2.27. The van der Waals surface area contributed by atoms with Gasteiger partial charge in [0.1, 0.15) is 5.76 Å². The quantitative estimate of drug-likeness (QED) is 0.759. The Morgan fingerprint density at radius 1 is 1.23 bits per heavy atom. The summed E-state index contributed by atoms with van der Waals surface area (Å²) in [5.41, 5.74) is 2.95. The van der Waals surface area contributed by atoms with E-state index < -0.39 is 0 Å². The van der Waals surface area contributed by atoms with Gasteiger partial charge in [-0.05, 0) is 43.9 Å². The maximum absolute atomic E-state index is 12.1. The molecular weight excluding hydrogens is 328 g/mol. The van der Waals surface area contributed by atoms with Gasteiger partial charge >= 0.3 is 0 Å². The Kier molecular flexibility index (Phi) is 6.59. The zero-order chi connectivity index (χ0) is 19.3. The van der Waals surface area contributed by atoms with Crippen LogP contribution >= 0.6 is 0 Å². The molecular formula is C21H30N2O3. The first-order valence-electron chi connectivity index (χ1n) is 9.12. The molecule has 0 bridgehead atoms. The van der Waals surface area contributed by atoms with Gasteiger partial charge in [-0.25, -0.2) is 4.98 Å². The Labute approximate surface area is 156 Å². The normalized spacial score (nSPS) is 11.8. The van der Waals surface area contributed by atoms with Crippen LogP contribution < -0.4 is 5.32 Å². The second-order valence-corrected chi connectivity index (χ2v) is 7.80. The van der Waals surface area contributed by atoms with Crippen LogP contribution in [-0.4, -0.2) is 30.1 Å². The number of hydrogen-bond acceptors (Lipinski definition) is 4. The standard InChI is InChI=1S/C21H30N2O3/c1-14(2)25-12-11-22-19(24)13-18-15(3)26-20(23-18)16-7-9-17(10-8-16)21(4,5)6/h7-10,14H,11-13H2,1-6H3,(H,22,24). The molecule has 0 radical (unpaired) electrons. The van der Waals surface area contributed by atoms with Gasteiger partial charge in [0.15, 0.2) is 0 Å². The number of rotatable bonds is 7. The summed E-state index contributed by atoms with van der Waals surface area (Å²) in [4.78, 5) is 16.6. The number of hydrogen-bond donors (Lipinski definition) is 1. The Morgan fingerprint density at radius 3 is 2.46 bits per heavy atom. The SMILES string of the molecule is Cc1oc(-c2ccc(C(C)(C)C)cc2)nc1CC(=O)NCCOC(C)C. The molecule has 2 aromatic rings. The molecule has 0 unspecified atom stereocenters. The smallest absolute Gasteiger partial charge is 0.226 e. The number of ether oxygens (including phenoxy) is 1. The van der Waals surface area contributed by atoms with E-state index in [1.54, 1.807) is 0 Å². The van der Waals surface area contributed by atoms with Crippen molar-refractivity contribution in [3.8, 4) is 11.5 Å². The average molecular weight is 358 g/mol. The Bertz CT molecular complexity index is 725. The molecule has 5 heteroatoms. The summed E-state index contributed by atoms with van der Waals surface area (Å²) in [7, 11) is 0. The van der Waals surface area contributed by atoms with Crippen LogP contribution in [0.15, 0.2) is 28.7 Å². The molecule has 1 amide bonds. The second-order valence-electron chi connectivity index (χ2n) is 7.80.